The number of hydrogen-bond donors (Lipinski definition) is 2. The van der Waals surface area contributed by atoms with Gasteiger partial charge in [-0.05, 0) is 25.5 Å². The SMILES string of the molecule is C[C@@]1(C2C=C(N)C=CC2F)CCSC(N)=N1. The van der Waals surface area contributed by atoms with Gasteiger partial charge in [-0.3, -0.25) is 4.99 Å². The average molecular weight is 241 g/mol. The normalized spacial score (nSPS) is 39.1. The fourth-order valence-corrected chi connectivity index (χ4v) is 3.14. The van der Waals surface area contributed by atoms with Gasteiger partial charge in [0.15, 0.2) is 5.17 Å². The molecule has 3 atom stereocenters. The van der Waals surface area contributed by atoms with Crippen molar-refractivity contribution >= 4 is 16.9 Å². The first-order valence-electron chi connectivity index (χ1n) is 5.29. The maximum absolute atomic E-state index is 13.9. The highest BCUT2D eigenvalue weighted by atomic mass is 32.2. The van der Waals surface area contributed by atoms with Crippen LogP contribution in [0, 0.1) is 5.92 Å². The summed E-state index contributed by atoms with van der Waals surface area (Å²) >= 11 is 1.52. The van der Waals surface area contributed by atoms with Gasteiger partial charge in [0.05, 0.1) is 5.54 Å². The molecule has 0 amide bonds. The highest BCUT2D eigenvalue weighted by Crippen LogP contribution is 2.38. The zero-order valence-corrected chi connectivity index (χ0v) is 10.0. The molecule has 4 N–H and O–H groups in total. The number of alkyl halides is 1. The molecule has 0 aromatic carbocycles. The van der Waals surface area contributed by atoms with Crippen molar-refractivity contribution in [1.82, 2.24) is 0 Å². The van der Waals surface area contributed by atoms with E-state index in [1.807, 2.05) is 6.92 Å². The first kappa shape index (κ1) is 11.5. The van der Waals surface area contributed by atoms with Gasteiger partial charge in [0.2, 0.25) is 0 Å². The Morgan fingerprint density at radius 2 is 2.31 bits per heavy atom. The molecule has 88 valence electrons. The van der Waals surface area contributed by atoms with Crippen molar-refractivity contribution in [1.29, 1.82) is 0 Å². The third-order valence-corrected chi connectivity index (χ3v) is 3.92. The number of allylic oxidation sites excluding steroid dienone is 2. The van der Waals surface area contributed by atoms with E-state index in [-0.39, 0.29) is 5.92 Å². The van der Waals surface area contributed by atoms with Crippen LogP contribution in [0.2, 0.25) is 0 Å². The molecular weight excluding hydrogens is 225 g/mol. The molecule has 0 radical (unpaired) electrons. The maximum Gasteiger partial charge on any atom is 0.154 e. The van der Waals surface area contributed by atoms with E-state index in [1.54, 1.807) is 12.2 Å². The van der Waals surface area contributed by atoms with E-state index in [0.29, 0.717) is 10.9 Å². The summed E-state index contributed by atoms with van der Waals surface area (Å²) in [5.41, 5.74) is 11.6. The Hall–Kier alpha value is -0.970. The van der Waals surface area contributed by atoms with Gasteiger partial charge >= 0.3 is 0 Å². The number of nitrogens with zero attached hydrogens (tertiary/aromatic N) is 1. The van der Waals surface area contributed by atoms with Crippen LogP contribution in [0.1, 0.15) is 13.3 Å². The van der Waals surface area contributed by atoms with Crippen LogP contribution >= 0.6 is 11.8 Å². The summed E-state index contributed by atoms with van der Waals surface area (Å²) in [7, 11) is 0. The highest BCUT2D eigenvalue weighted by Gasteiger charge is 2.40. The standard InChI is InChI=1S/C11H16FN3S/c1-11(4-5-16-10(14)15-11)8-6-7(13)2-3-9(8)12/h2-3,6,8-9H,4-5,13H2,1H3,(H2,14,15)/t8?,9?,11-/m0/s1. The average Bonchev–Trinajstić information content (AvgIpc) is 2.21. The number of aliphatic imine (C=N–C) groups is 1. The number of rotatable bonds is 1. The van der Waals surface area contributed by atoms with Crippen LogP contribution < -0.4 is 11.5 Å². The van der Waals surface area contributed by atoms with Crippen LogP contribution in [-0.2, 0) is 0 Å². The summed E-state index contributed by atoms with van der Waals surface area (Å²) in [5.74, 6) is 0.573. The van der Waals surface area contributed by atoms with Gasteiger partial charge in [-0.15, -0.1) is 0 Å². The van der Waals surface area contributed by atoms with Crippen molar-refractivity contribution in [3.63, 3.8) is 0 Å². The number of nitrogens with two attached hydrogens (primary N) is 2. The Morgan fingerprint density at radius 1 is 1.56 bits per heavy atom. The van der Waals surface area contributed by atoms with E-state index >= 15 is 0 Å². The summed E-state index contributed by atoms with van der Waals surface area (Å²) in [6, 6.07) is 0. The molecule has 0 aromatic heterocycles. The minimum Gasteiger partial charge on any atom is -0.399 e. The van der Waals surface area contributed by atoms with Gasteiger partial charge in [-0.2, -0.15) is 0 Å². The first-order chi connectivity index (χ1) is 7.51. The summed E-state index contributed by atoms with van der Waals surface area (Å²) < 4.78 is 13.9. The van der Waals surface area contributed by atoms with Crippen LogP contribution in [0.15, 0.2) is 28.9 Å². The molecule has 0 saturated heterocycles. The lowest BCUT2D eigenvalue weighted by molar-refractivity contribution is 0.219. The zero-order chi connectivity index (χ0) is 11.8. The fourth-order valence-electron chi connectivity index (χ4n) is 2.14. The first-order valence-corrected chi connectivity index (χ1v) is 6.27. The van der Waals surface area contributed by atoms with E-state index in [2.05, 4.69) is 4.99 Å². The van der Waals surface area contributed by atoms with E-state index in [9.17, 15) is 4.39 Å². The number of thioether (sulfide) groups is 1. The van der Waals surface area contributed by atoms with Gasteiger partial charge in [0.25, 0.3) is 0 Å². The summed E-state index contributed by atoms with van der Waals surface area (Å²) in [6.07, 6.45) is 4.66. The van der Waals surface area contributed by atoms with E-state index in [1.165, 1.54) is 17.8 Å². The van der Waals surface area contributed by atoms with Crippen molar-refractivity contribution in [2.24, 2.45) is 22.4 Å². The summed E-state index contributed by atoms with van der Waals surface area (Å²) in [5, 5.41) is 0.544. The van der Waals surface area contributed by atoms with Gasteiger partial charge < -0.3 is 11.5 Å². The molecule has 16 heavy (non-hydrogen) atoms. The molecule has 1 aliphatic heterocycles. The molecule has 0 aromatic rings. The third-order valence-electron chi connectivity index (χ3n) is 3.13. The van der Waals surface area contributed by atoms with Crippen molar-refractivity contribution < 1.29 is 4.39 Å². The minimum atomic E-state index is -1.03. The third kappa shape index (κ3) is 2.09. The van der Waals surface area contributed by atoms with Crippen LogP contribution in [-0.4, -0.2) is 22.6 Å². The number of hydrogen-bond acceptors (Lipinski definition) is 4. The van der Waals surface area contributed by atoms with E-state index in [0.717, 1.165) is 12.2 Å². The number of amidine groups is 1. The maximum atomic E-state index is 13.9. The second kappa shape index (κ2) is 4.13. The molecule has 2 rings (SSSR count). The molecule has 2 aliphatic rings. The summed E-state index contributed by atoms with van der Waals surface area (Å²) in [6.45, 7) is 1.94. The Kier molecular flexibility index (Phi) is 2.97. The van der Waals surface area contributed by atoms with Gasteiger partial charge in [0.1, 0.15) is 6.17 Å². The monoisotopic (exact) mass is 241 g/mol. The van der Waals surface area contributed by atoms with Crippen molar-refractivity contribution in [3.05, 3.63) is 23.9 Å². The largest absolute Gasteiger partial charge is 0.399 e. The molecule has 0 fully saturated rings. The van der Waals surface area contributed by atoms with Crippen LogP contribution in [0.4, 0.5) is 4.39 Å². The van der Waals surface area contributed by atoms with Gasteiger partial charge in [-0.25, -0.2) is 4.39 Å². The fraction of sp³-hybridized carbons (Fsp3) is 0.545. The molecule has 5 heteroatoms. The highest BCUT2D eigenvalue weighted by molar-refractivity contribution is 8.13. The predicted molar refractivity (Wildman–Crippen MR) is 66.9 cm³/mol. The van der Waals surface area contributed by atoms with Crippen molar-refractivity contribution in [2.75, 3.05) is 5.75 Å². The topological polar surface area (TPSA) is 64.4 Å². The lowest BCUT2D eigenvalue weighted by Gasteiger charge is -2.37. The van der Waals surface area contributed by atoms with Gasteiger partial charge in [-0.1, -0.05) is 17.8 Å². The predicted octanol–water partition coefficient (Wildman–Crippen LogP) is 1.56. The summed E-state index contributed by atoms with van der Waals surface area (Å²) in [4.78, 5) is 4.41. The van der Waals surface area contributed by atoms with Crippen LogP contribution in [0.25, 0.3) is 0 Å². The quantitative estimate of drug-likeness (QED) is 0.732. The zero-order valence-electron chi connectivity index (χ0n) is 9.19. The molecule has 0 spiro atoms. The minimum absolute atomic E-state index is 0.308. The Balaban J connectivity index is 2.30. The van der Waals surface area contributed by atoms with Crippen LogP contribution in [0.5, 0.6) is 0 Å². The second-order valence-electron chi connectivity index (χ2n) is 4.40. The molecule has 0 bridgehead atoms. The van der Waals surface area contributed by atoms with E-state index < -0.39 is 11.7 Å². The van der Waals surface area contributed by atoms with E-state index in [4.69, 9.17) is 11.5 Å². The molecule has 3 nitrogen and oxygen atoms in total. The van der Waals surface area contributed by atoms with Crippen molar-refractivity contribution in [2.45, 2.75) is 25.1 Å². The van der Waals surface area contributed by atoms with Gasteiger partial charge in [0, 0.05) is 17.4 Å². The number of halogens is 1. The Labute approximate surface area is 98.9 Å². The molecule has 0 saturated carbocycles. The molecule has 2 unspecified atom stereocenters. The second-order valence-corrected chi connectivity index (χ2v) is 5.52. The Bertz CT molecular complexity index is 377. The lowest BCUT2D eigenvalue weighted by Crippen LogP contribution is -2.42. The lowest BCUT2D eigenvalue weighted by atomic mass is 9.78. The molecule has 1 heterocycles. The smallest absolute Gasteiger partial charge is 0.154 e. The van der Waals surface area contributed by atoms with Crippen molar-refractivity contribution in [3.8, 4) is 0 Å². The molecule has 1 aliphatic carbocycles. The Morgan fingerprint density at radius 3 is 3.00 bits per heavy atom. The van der Waals surface area contributed by atoms with Crippen LogP contribution in [0.3, 0.4) is 0 Å². The molecular formula is C11H16FN3S.